The largest absolute Gasteiger partial charge is 0.364 e. The van der Waals surface area contributed by atoms with E-state index in [1.807, 2.05) is 0 Å². The first-order valence-corrected chi connectivity index (χ1v) is 4.94. The van der Waals surface area contributed by atoms with E-state index in [2.05, 4.69) is 16.2 Å². The maximum Gasteiger partial charge on any atom is 0.311 e. The number of terminal acetylenes is 1. The van der Waals surface area contributed by atoms with Crippen molar-refractivity contribution in [2.45, 2.75) is 19.8 Å². The number of nitro groups is 1. The molecule has 1 heterocycles. The van der Waals surface area contributed by atoms with Crippen LogP contribution in [0.4, 0.5) is 11.5 Å². The average Bonchev–Trinajstić information content (AvgIpc) is 2.24. The highest BCUT2D eigenvalue weighted by molar-refractivity contribution is 5.55. The molecule has 1 rings (SSSR count). The van der Waals surface area contributed by atoms with Gasteiger partial charge < -0.3 is 5.32 Å². The summed E-state index contributed by atoms with van der Waals surface area (Å²) in [4.78, 5) is 14.4. The predicted molar refractivity (Wildman–Crippen MR) is 62.2 cm³/mol. The zero-order chi connectivity index (χ0) is 12.0. The third kappa shape index (κ3) is 3.24. The highest BCUT2D eigenvalue weighted by atomic mass is 16.6. The molecular formula is C11H13N3O2. The van der Waals surface area contributed by atoms with Crippen LogP contribution in [0.3, 0.4) is 0 Å². The minimum atomic E-state index is -0.448. The van der Waals surface area contributed by atoms with Gasteiger partial charge in [0, 0.05) is 24.7 Å². The molecule has 16 heavy (non-hydrogen) atoms. The molecule has 0 atom stereocenters. The van der Waals surface area contributed by atoms with E-state index in [4.69, 9.17) is 6.42 Å². The van der Waals surface area contributed by atoms with Crippen LogP contribution in [0.15, 0.2) is 12.1 Å². The summed E-state index contributed by atoms with van der Waals surface area (Å²) in [6.45, 7) is 2.37. The smallest absolute Gasteiger partial charge is 0.311 e. The Bertz CT molecular complexity index is 424. The van der Waals surface area contributed by atoms with Gasteiger partial charge in [-0.05, 0) is 19.4 Å². The van der Waals surface area contributed by atoms with Gasteiger partial charge in [-0.25, -0.2) is 4.98 Å². The summed E-state index contributed by atoms with van der Waals surface area (Å²) in [5.74, 6) is 2.82. The summed E-state index contributed by atoms with van der Waals surface area (Å²) in [6, 6.07) is 3.07. The second kappa shape index (κ2) is 5.71. The fourth-order valence-corrected chi connectivity index (χ4v) is 1.22. The Morgan fingerprint density at radius 1 is 1.62 bits per heavy atom. The first-order chi connectivity index (χ1) is 7.65. The summed E-state index contributed by atoms with van der Waals surface area (Å²) in [6.07, 6.45) is 6.52. The fraction of sp³-hybridized carbons (Fsp3) is 0.364. The minimum absolute atomic E-state index is 0.00805. The van der Waals surface area contributed by atoms with E-state index in [1.165, 1.54) is 6.07 Å². The van der Waals surface area contributed by atoms with Crippen LogP contribution in [0.2, 0.25) is 0 Å². The second-order valence-electron chi connectivity index (χ2n) is 3.31. The molecule has 0 spiro atoms. The Morgan fingerprint density at radius 2 is 2.38 bits per heavy atom. The maximum absolute atomic E-state index is 10.7. The molecule has 0 unspecified atom stereocenters. The van der Waals surface area contributed by atoms with Gasteiger partial charge in [-0.1, -0.05) is 0 Å². The number of nitrogens with zero attached hydrogens (tertiary/aromatic N) is 2. The fourth-order valence-electron chi connectivity index (χ4n) is 1.22. The van der Waals surface area contributed by atoms with Crippen LogP contribution in [0.25, 0.3) is 0 Å². The molecule has 0 radical (unpaired) electrons. The van der Waals surface area contributed by atoms with Gasteiger partial charge in [0.1, 0.15) is 0 Å². The summed E-state index contributed by atoms with van der Waals surface area (Å²) in [5.41, 5.74) is 0.733. The number of hydrogen-bond acceptors (Lipinski definition) is 4. The molecule has 1 aromatic heterocycles. The van der Waals surface area contributed by atoms with Gasteiger partial charge in [0.15, 0.2) is 0 Å². The van der Waals surface area contributed by atoms with Crippen molar-refractivity contribution in [2.24, 2.45) is 0 Å². The Kier molecular flexibility index (Phi) is 4.28. The first kappa shape index (κ1) is 12.0. The van der Waals surface area contributed by atoms with Crippen LogP contribution in [0.1, 0.15) is 18.5 Å². The van der Waals surface area contributed by atoms with Crippen molar-refractivity contribution in [3.63, 3.8) is 0 Å². The maximum atomic E-state index is 10.7. The van der Waals surface area contributed by atoms with E-state index in [0.717, 1.165) is 12.1 Å². The number of rotatable bonds is 5. The van der Waals surface area contributed by atoms with Crippen LogP contribution < -0.4 is 5.32 Å². The standard InChI is InChI=1S/C11H13N3O2/c1-3-4-5-8-12-11-10(14(15)16)7-6-9(2)13-11/h1,6-7H,4-5,8H2,2H3,(H,12,13). The predicted octanol–water partition coefficient (Wildman–Crippen LogP) is 2.12. The van der Waals surface area contributed by atoms with Crippen LogP contribution >= 0.6 is 0 Å². The molecule has 0 amide bonds. The van der Waals surface area contributed by atoms with Gasteiger partial charge in [-0.15, -0.1) is 12.3 Å². The third-order valence-electron chi connectivity index (χ3n) is 2.00. The number of hydrogen-bond donors (Lipinski definition) is 1. The molecule has 0 aliphatic heterocycles. The highest BCUT2D eigenvalue weighted by Crippen LogP contribution is 2.21. The number of anilines is 1. The molecule has 1 N–H and O–H groups in total. The van der Waals surface area contributed by atoms with E-state index < -0.39 is 4.92 Å². The van der Waals surface area contributed by atoms with E-state index in [9.17, 15) is 10.1 Å². The summed E-state index contributed by atoms with van der Waals surface area (Å²) >= 11 is 0. The number of nitrogens with one attached hydrogen (secondary N) is 1. The molecule has 0 aliphatic rings. The Labute approximate surface area is 94.0 Å². The van der Waals surface area contributed by atoms with Gasteiger partial charge in [0.05, 0.1) is 4.92 Å². The molecule has 84 valence electrons. The Balaban J connectivity index is 2.73. The number of aryl methyl sites for hydroxylation is 1. The number of pyridine rings is 1. The zero-order valence-electron chi connectivity index (χ0n) is 9.06. The van der Waals surface area contributed by atoms with Crippen LogP contribution in [-0.2, 0) is 0 Å². The number of aromatic nitrogens is 1. The average molecular weight is 219 g/mol. The summed E-state index contributed by atoms with van der Waals surface area (Å²) in [7, 11) is 0. The molecule has 5 nitrogen and oxygen atoms in total. The van der Waals surface area contributed by atoms with Crippen molar-refractivity contribution in [1.82, 2.24) is 4.98 Å². The molecule has 5 heteroatoms. The van der Waals surface area contributed by atoms with E-state index in [0.29, 0.717) is 18.8 Å². The monoisotopic (exact) mass is 219 g/mol. The van der Waals surface area contributed by atoms with E-state index >= 15 is 0 Å². The SMILES string of the molecule is C#CCCCNc1nc(C)ccc1[N+](=O)[O-]. The Hall–Kier alpha value is -2.09. The van der Waals surface area contributed by atoms with Crippen LogP contribution in [0, 0.1) is 29.4 Å². The van der Waals surface area contributed by atoms with Gasteiger partial charge in [-0.2, -0.15) is 0 Å². The lowest BCUT2D eigenvalue weighted by molar-refractivity contribution is -0.384. The molecule has 0 saturated heterocycles. The third-order valence-corrected chi connectivity index (χ3v) is 2.00. The highest BCUT2D eigenvalue weighted by Gasteiger charge is 2.14. The number of unbranched alkanes of at least 4 members (excludes halogenated alkanes) is 1. The minimum Gasteiger partial charge on any atom is -0.364 e. The normalized spacial score (nSPS) is 9.50. The molecule has 0 fully saturated rings. The van der Waals surface area contributed by atoms with Gasteiger partial charge >= 0.3 is 5.69 Å². The lowest BCUT2D eigenvalue weighted by Crippen LogP contribution is -2.06. The molecule has 0 saturated carbocycles. The van der Waals surface area contributed by atoms with Crippen molar-refractivity contribution >= 4 is 11.5 Å². The van der Waals surface area contributed by atoms with Crippen molar-refractivity contribution in [1.29, 1.82) is 0 Å². The van der Waals surface area contributed by atoms with Crippen LogP contribution in [-0.4, -0.2) is 16.5 Å². The van der Waals surface area contributed by atoms with Crippen LogP contribution in [0.5, 0.6) is 0 Å². The lowest BCUT2D eigenvalue weighted by atomic mass is 10.3. The first-order valence-electron chi connectivity index (χ1n) is 4.94. The van der Waals surface area contributed by atoms with Gasteiger partial charge in [0.2, 0.25) is 5.82 Å². The van der Waals surface area contributed by atoms with E-state index in [-0.39, 0.29) is 5.69 Å². The zero-order valence-corrected chi connectivity index (χ0v) is 9.06. The summed E-state index contributed by atoms with van der Waals surface area (Å²) in [5, 5.41) is 13.6. The van der Waals surface area contributed by atoms with Crippen molar-refractivity contribution in [3.8, 4) is 12.3 Å². The summed E-state index contributed by atoms with van der Waals surface area (Å²) < 4.78 is 0. The van der Waals surface area contributed by atoms with Gasteiger partial charge in [0.25, 0.3) is 0 Å². The van der Waals surface area contributed by atoms with Gasteiger partial charge in [-0.3, -0.25) is 10.1 Å². The van der Waals surface area contributed by atoms with Crippen molar-refractivity contribution in [2.75, 3.05) is 11.9 Å². The molecule has 1 aromatic rings. The lowest BCUT2D eigenvalue weighted by Gasteiger charge is -2.05. The van der Waals surface area contributed by atoms with Crippen molar-refractivity contribution < 1.29 is 4.92 Å². The van der Waals surface area contributed by atoms with Crippen molar-refractivity contribution in [3.05, 3.63) is 27.9 Å². The topological polar surface area (TPSA) is 68.1 Å². The quantitative estimate of drug-likeness (QED) is 0.356. The molecular weight excluding hydrogens is 206 g/mol. The Morgan fingerprint density at radius 3 is 3.00 bits per heavy atom. The molecule has 0 aliphatic carbocycles. The van der Waals surface area contributed by atoms with E-state index in [1.54, 1.807) is 13.0 Å². The molecule has 0 bridgehead atoms. The second-order valence-corrected chi connectivity index (χ2v) is 3.31. The molecule has 0 aromatic carbocycles.